The van der Waals surface area contributed by atoms with Crippen LogP contribution in [-0.2, 0) is 25.7 Å². The van der Waals surface area contributed by atoms with Gasteiger partial charge in [0.05, 0.1) is 11.4 Å². The van der Waals surface area contributed by atoms with E-state index < -0.39 is 0 Å². The van der Waals surface area contributed by atoms with Crippen molar-refractivity contribution in [2.24, 2.45) is 0 Å². The summed E-state index contributed by atoms with van der Waals surface area (Å²) in [6.45, 7) is 0. The average molecular weight is 447 g/mol. The van der Waals surface area contributed by atoms with Crippen molar-refractivity contribution in [3.05, 3.63) is 130 Å². The van der Waals surface area contributed by atoms with E-state index in [1.165, 1.54) is 83.8 Å². The van der Waals surface area contributed by atoms with Gasteiger partial charge in [-0.3, -0.25) is 4.98 Å². The summed E-state index contributed by atoms with van der Waals surface area (Å²) in [6.07, 6.45) is 8.02. The molecule has 2 aliphatic heterocycles. The van der Waals surface area contributed by atoms with Gasteiger partial charge in [0.25, 0.3) is 0 Å². The van der Waals surface area contributed by atoms with Gasteiger partial charge < -0.3 is 4.90 Å². The number of fused-ring (bicyclic) bond motifs is 11. The van der Waals surface area contributed by atoms with Crippen LogP contribution in [0.1, 0.15) is 44.5 Å². The second kappa shape index (κ2) is 6.28. The zero-order valence-corrected chi connectivity index (χ0v) is 19.3. The van der Waals surface area contributed by atoms with E-state index in [4.69, 9.17) is 0 Å². The Kier molecular flexibility index (Phi) is 3.27. The lowest BCUT2D eigenvalue weighted by molar-refractivity contribution is 0.985. The number of rotatable bonds is 0. The molecule has 3 heterocycles. The monoisotopic (exact) mass is 446 g/mol. The van der Waals surface area contributed by atoms with E-state index >= 15 is 0 Å². The first-order chi connectivity index (χ1) is 17.3. The Hall–Kier alpha value is -4.17. The molecule has 2 nitrogen and oxygen atoms in total. The Morgan fingerprint density at radius 2 is 1.20 bits per heavy atom. The maximum absolute atomic E-state index is 4.48. The molecule has 164 valence electrons. The number of anilines is 3. The number of hydrogen-bond acceptors (Lipinski definition) is 2. The Balaban J connectivity index is 1.29. The molecule has 4 aliphatic rings. The zero-order valence-electron chi connectivity index (χ0n) is 19.3. The second-order valence-corrected chi connectivity index (χ2v) is 10.4. The minimum Gasteiger partial charge on any atom is -0.309 e. The maximum atomic E-state index is 4.48. The van der Waals surface area contributed by atoms with Crippen molar-refractivity contribution in [3.63, 3.8) is 0 Å². The summed E-state index contributed by atoms with van der Waals surface area (Å²) >= 11 is 0. The molecule has 2 aliphatic carbocycles. The number of nitrogens with zero attached hydrogens (tertiary/aromatic N) is 2. The van der Waals surface area contributed by atoms with E-state index in [0.29, 0.717) is 0 Å². The van der Waals surface area contributed by atoms with Crippen LogP contribution in [0.25, 0.3) is 22.3 Å². The van der Waals surface area contributed by atoms with E-state index in [9.17, 15) is 0 Å². The maximum Gasteiger partial charge on any atom is 0.0535 e. The van der Waals surface area contributed by atoms with Crippen LogP contribution in [0.2, 0.25) is 0 Å². The molecule has 4 aromatic carbocycles. The molecular formula is C33H22N2. The highest BCUT2D eigenvalue weighted by Crippen LogP contribution is 2.55. The summed E-state index contributed by atoms with van der Waals surface area (Å²) in [4.78, 5) is 6.99. The summed E-state index contributed by atoms with van der Waals surface area (Å²) in [6, 6.07) is 27.5. The number of pyridine rings is 1. The highest BCUT2D eigenvalue weighted by atomic mass is 15.2. The van der Waals surface area contributed by atoms with Crippen molar-refractivity contribution >= 4 is 17.1 Å². The van der Waals surface area contributed by atoms with Crippen LogP contribution >= 0.6 is 0 Å². The van der Waals surface area contributed by atoms with Gasteiger partial charge in [0.1, 0.15) is 0 Å². The van der Waals surface area contributed by atoms with Gasteiger partial charge in [-0.1, -0.05) is 42.5 Å². The van der Waals surface area contributed by atoms with Gasteiger partial charge in [0.15, 0.2) is 0 Å². The van der Waals surface area contributed by atoms with Crippen molar-refractivity contribution in [3.8, 4) is 22.3 Å². The molecular weight excluding hydrogens is 424 g/mol. The van der Waals surface area contributed by atoms with Crippen molar-refractivity contribution in [2.75, 3.05) is 4.90 Å². The summed E-state index contributed by atoms with van der Waals surface area (Å²) in [7, 11) is 0. The Morgan fingerprint density at radius 1 is 0.514 bits per heavy atom. The van der Waals surface area contributed by atoms with Crippen LogP contribution in [-0.4, -0.2) is 4.98 Å². The molecule has 9 rings (SSSR count). The first-order valence-corrected chi connectivity index (χ1v) is 12.6. The van der Waals surface area contributed by atoms with Crippen LogP contribution in [0.3, 0.4) is 0 Å². The normalized spacial score (nSPS) is 14.9. The van der Waals surface area contributed by atoms with Gasteiger partial charge in [0, 0.05) is 30.9 Å². The van der Waals surface area contributed by atoms with Crippen LogP contribution in [0.5, 0.6) is 0 Å². The minimum absolute atomic E-state index is 0.948. The van der Waals surface area contributed by atoms with Crippen molar-refractivity contribution in [1.29, 1.82) is 0 Å². The molecule has 0 radical (unpaired) electrons. The molecule has 5 aromatic rings. The molecule has 0 bridgehead atoms. The molecule has 2 heteroatoms. The number of benzene rings is 4. The Labute approximate surface area is 204 Å². The van der Waals surface area contributed by atoms with Gasteiger partial charge in [-0.05, 0) is 110 Å². The van der Waals surface area contributed by atoms with Crippen molar-refractivity contribution in [2.45, 2.75) is 25.7 Å². The SMILES string of the molecule is c1ccc2c(c1)Cc1cc3c(cc1-2)Cc1c-3cc2c3c1Cc1ccccc1N3c1ccncc1C2. The Morgan fingerprint density at radius 3 is 2.14 bits per heavy atom. The standard InChI is InChI=1S/C33H22N2/c1-3-7-25-19(5-1)11-21-14-27-22(15-26(21)25)16-29-28(27)17-23-12-24-18-34-10-9-32(24)35-31-8-4-2-6-20(31)13-30(29)33(23)35/h1-10,14-15,17-18H,11-13,16H2. The fraction of sp³-hybridized carbons (Fsp3) is 0.121. The summed E-state index contributed by atoms with van der Waals surface area (Å²) in [5, 5.41) is 0. The predicted octanol–water partition coefficient (Wildman–Crippen LogP) is 7.50. The van der Waals surface area contributed by atoms with Crippen molar-refractivity contribution < 1.29 is 0 Å². The highest BCUT2D eigenvalue weighted by Gasteiger charge is 2.36. The molecule has 0 unspecified atom stereocenters. The first kappa shape index (κ1) is 18.2. The van der Waals surface area contributed by atoms with Gasteiger partial charge in [-0.2, -0.15) is 0 Å². The molecule has 0 saturated carbocycles. The van der Waals surface area contributed by atoms with Crippen LogP contribution < -0.4 is 4.90 Å². The van der Waals surface area contributed by atoms with Gasteiger partial charge in [-0.15, -0.1) is 0 Å². The van der Waals surface area contributed by atoms with Crippen LogP contribution in [0.4, 0.5) is 17.1 Å². The van der Waals surface area contributed by atoms with Gasteiger partial charge in [-0.25, -0.2) is 0 Å². The second-order valence-electron chi connectivity index (χ2n) is 10.4. The lowest BCUT2D eigenvalue weighted by atomic mass is 9.82. The largest absolute Gasteiger partial charge is 0.309 e. The quantitative estimate of drug-likeness (QED) is 0.240. The lowest BCUT2D eigenvalue weighted by Gasteiger charge is -2.40. The fourth-order valence-electron chi connectivity index (χ4n) is 7.11. The predicted molar refractivity (Wildman–Crippen MR) is 141 cm³/mol. The summed E-state index contributed by atoms with van der Waals surface area (Å²) in [5.41, 5.74) is 21.4. The molecule has 0 spiro atoms. The van der Waals surface area contributed by atoms with Gasteiger partial charge in [0.2, 0.25) is 0 Å². The van der Waals surface area contributed by atoms with E-state index in [0.717, 1.165) is 25.7 Å². The van der Waals surface area contributed by atoms with Crippen LogP contribution in [0, 0.1) is 0 Å². The smallest absolute Gasteiger partial charge is 0.0535 e. The molecule has 0 amide bonds. The van der Waals surface area contributed by atoms with E-state index in [-0.39, 0.29) is 0 Å². The van der Waals surface area contributed by atoms with Crippen LogP contribution in [0.15, 0.2) is 85.2 Å². The number of aromatic nitrogens is 1. The third-order valence-corrected chi connectivity index (χ3v) is 8.60. The zero-order chi connectivity index (χ0) is 22.7. The van der Waals surface area contributed by atoms with E-state index in [1.54, 1.807) is 0 Å². The lowest BCUT2D eigenvalue weighted by Crippen LogP contribution is -2.25. The highest BCUT2D eigenvalue weighted by molar-refractivity contribution is 5.94. The summed E-state index contributed by atoms with van der Waals surface area (Å²) in [5.74, 6) is 0. The van der Waals surface area contributed by atoms with E-state index in [1.807, 2.05) is 6.20 Å². The topological polar surface area (TPSA) is 16.1 Å². The van der Waals surface area contributed by atoms with E-state index in [2.05, 4.69) is 88.9 Å². The molecule has 35 heavy (non-hydrogen) atoms. The summed E-state index contributed by atoms with van der Waals surface area (Å²) < 4.78 is 0. The first-order valence-electron chi connectivity index (χ1n) is 12.6. The average Bonchev–Trinajstić information content (AvgIpc) is 3.44. The number of hydrogen-bond donors (Lipinski definition) is 0. The molecule has 0 N–H and O–H groups in total. The third-order valence-electron chi connectivity index (χ3n) is 8.60. The third kappa shape index (κ3) is 2.27. The minimum atomic E-state index is 0.948. The molecule has 1 aromatic heterocycles. The number of para-hydroxylation sites is 1. The van der Waals surface area contributed by atoms with Crippen molar-refractivity contribution in [1.82, 2.24) is 4.98 Å². The Bertz CT molecular complexity index is 1750. The molecule has 0 atom stereocenters. The fourth-order valence-corrected chi connectivity index (χ4v) is 7.11. The molecule has 0 fully saturated rings. The molecule has 0 saturated heterocycles. The van der Waals surface area contributed by atoms with Gasteiger partial charge >= 0.3 is 0 Å².